The molecule has 1 rings (SSSR count). The first-order valence-electron chi connectivity index (χ1n) is 9.59. The summed E-state index contributed by atoms with van der Waals surface area (Å²) in [5, 5.41) is 9.58. The van der Waals surface area contributed by atoms with Crippen LogP contribution in [0.4, 0.5) is 0 Å². The Kier molecular flexibility index (Phi) is 16.5. The van der Waals surface area contributed by atoms with Crippen molar-refractivity contribution in [2.45, 2.75) is 46.1 Å². The van der Waals surface area contributed by atoms with Crippen LogP contribution in [0.5, 0.6) is 0 Å². The summed E-state index contributed by atoms with van der Waals surface area (Å²) in [5.74, 6) is 2.04. The monoisotopic (exact) mass is 506 g/mol. The van der Waals surface area contributed by atoms with E-state index < -0.39 is 0 Å². The molecule has 0 radical (unpaired) electrons. The van der Waals surface area contributed by atoms with Gasteiger partial charge in [-0.15, -0.1) is 24.0 Å². The molecule has 0 aliphatic heterocycles. The minimum absolute atomic E-state index is 0. The van der Waals surface area contributed by atoms with Crippen LogP contribution in [-0.4, -0.2) is 43.5 Å². The van der Waals surface area contributed by atoms with Crippen molar-refractivity contribution in [1.29, 1.82) is 0 Å². The summed E-state index contributed by atoms with van der Waals surface area (Å²) in [6.07, 6.45) is 6.59. The van der Waals surface area contributed by atoms with Crippen LogP contribution in [0.25, 0.3) is 0 Å². The molecule has 0 aliphatic rings. The molecule has 1 aromatic carbocycles. The molecule has 0 bridgehead atoms. The minimum Gasteiger partial charge on any atom is -0.357 e. The summed E-state index contributed by atoms with van der Waals surface area (Å²) in [4.78, 5) is 16.6. The zero-order valence-corrected chi connectivity index (χ0v) is 20.0. The number of hydrogen-bond donors (Lipinski definition) is 3. The molecule has 0 unspecified atom stereocenters. The molecular formula is C20H35IN4OS. The normalized spacial score (nSPS) is 10.9. The first kappa shape index (κ1) is 26.0. The van der Waals surface area contributed by atoms with Crippen LogP contribution >= 0.6 is 35.7 Å². The van der Waals surface area contributed by atoms with Crippen molar-refractivity contribution in [2.75, 3.05) is 31.6 Å². The molecule has 0 spiro atoms. The molecule has 5 nitrogen and oxygen atoms in total. The Bertz CT molecular complexity index is 537. The summed E-state index contributed by atoms with van der Waals surface area (Å²) >= 11 is 1.88. The minimum atomic E-state index is -0.00579. The number of carbonyl (C=O) groups excluding carboxylic acids is 1. The van der Waals surface area contributed by atoms with Crippen molar-refractivity contribution >= 4 is 47.6 Å². The maximum atomic E-state index is 12.0. The number of carbonyl (C=O) groups is 1. The first-order valence-corrected chi connectivity index (χ1v) is 11.0. The highest BCUT2D eigenvalue weighted by Gasteiger charge is 2.04. The van der Waals surface area contributed by atoms with Gasteiger partial charge in [0.25, 0.3) is 5.91 Å². The average molecular weight is 506 g/mol. The van der Waals surface area contributed by atoms with Crippen molar-refractivity contribution in [3.63, 3.8) is 0 Å². The zero-order chi connectivity index (χ0) is 19.0. The highest BCUT2D eigenvalue weighted by molar-refractivity contribution is 14.0. The summed E-state index contributed by atoms with van der Waals surface area (Å²) in [5.41, 5.74) is 1.79. The Labute approximate surface area is 186 Å². The second-order valence-corrected chi connectivity index (χ2v) is 7.11. The smallest absolute Gasteiger partial charge is 0.251 e. The molecule has 0 aliphatic carbocycles. The molecule has 0 heterocycles. The molecule has 3 N–H and O–H groups in total. The van der Waals surface area contributed by atoms with E-state index in [9.17, 15) is 4.79 Å². The second-order valence-electron chi connectivity index (χ2n) is 6.13. The average Bonchev–Trinajstić information content (AvgIpc) is 2.66. The molecule has 27 heavy (non-hydrogen) atoms. The molecule has 0 aromatic heterocycles. The van der Waals surface area contributed by atoms with E-state index in [-0.39, 0.29) is 29.9 Å². The zero-order valence-electron chi connectivity index (χ0n) is 16.8. The number of unbranched alkanes of at least 4 members (excludes halogenated alkanes) is 2. The Hall–Kier alpha value is -0.960. The Balaban J connectivity index is 0.00000676. The number of aliphatic imine (C=N–C) groups is 1. The Morgan fingerprint density at radius 2 is 1.70 bits per heavy atom. The number of thioether (sulfide) groups is 1. The van der Waals surface area contributed by atoms with Crippen LogP contribution in [0.15, 0.2) is 29.3 Å². The van der Waals surface area contributed by atoms with E-state index in [4.69, 9.17) is 0 Å². The van der Waals surface area contributed by atoms with Gasteiger partial charge in [0.2, 0.25) is 0 Å². The van der Waals surface area contributed by atoms with Crippen molar-refractivity contribution in [3.8, 4) is 0 Å². The van der Waals surface area contributed by atoms with Gasteiger partial charge < -0.3 is 16.0 Å². The topological polar surface area (TPSA) is 65.5 Å². The molecule has 154 valence electrons. The number of hydrogen-bond acceptors (Lipinski definition) is 3. The lowest BCUT2D eigenvalue weighted by Crippen LogP contribution is -2.37. The van der Waals surface area contributed by atoms with Gasteiger partial charge in [-0.05, 0) is 55.9 Å². The van der Waals surface area contributed by atoms with Crippen molar-refractivity contribution < 1.29 is 4.79 Å². The van der Waals surface area contributed by atoms with Crippen molar-refractivity contribution in [2.24, 2.45) is 4.99 Å². The van der Waals surface area contributed by atoms with Gasteiger partial charge in [0.05, 0.1) is 6.54 Å². The van der Waals surface area contributed by atoms with Gasteiger partial charge in [0, 0.05) is 25.2 Å². The fourth-order valence-corrected chi connectivity index (χ4v) is 2.83. The quantitative estimate of drug-likeness (QED) is 0.173. The molecule has 0 atom stereocenters. The van der Waals surface area contributed by atoms with E-state index in [0.29, 0.717) is 12.1 Å². The van der Waals surface area contributed by atoms with E-state index in [1.54, 1.807) is 0 Å². The number of guanidine groups is 1. The van der Waals surface area contributed by atoms with Crippen LogP contribution in [-0.2, 0) is 6.54 Å². The molecule has 0 fully saturated rings. The van der Waals surface area contributed by atoms with E-state index >= 15 is 0 Å². The standard InChI is InChI=1S/C20H34N4OS.HI/c1-4-6-13-22-19(25)18-11-9-17(10-12-18)16-24-20(21-5-2)23-14-7-8-15-26-3;/h9-12H,4-8,13-16H2,1-3H3,(H,22,25)(H2,21,23,24);1H. The predicted molar refractivity (Wildman–Crippen MR) is 130 cm³/mol. The van der Waals surface area contributed by atoms with Gasteiger partial charge in [-0.2, -0.15) is 11.8 Å². The number of amides is 1. The highest BCUT2D eigenvalue weighted by Crippen LogP contribution is 2.06. The molecule has 7 heteroatoms. The molecule has 0 saturated heterocycles. The van der Waals surface area contributed by atoms with E-state index in [2.05, 4.69) is 41.0 Å². The lowest BCUT2D eigenvalue weighted by Gasteiger charge is -2.11. The maximum absolute atomic E-state index is 12.0. The van der Waals surface area contributed by atoms with Crippen LogP contribution in [0.3, 0.4) is 0 Å². The van der Waals surface area contributed by atoms with Gasteiger partial charge in [0.15, 0.2) is 5.96 Å². The molecule has 0 saturated carbocycles. The second kappa shape index (κ2) is 17.2. The summed E-state index contributed by atoms with van der Waals surface area (Å²) in [6.45, 7) is 7.28. The van der Waals surface area contributed by atoms with Crippen LogP contribution in [0.2, 0.25) is 0 Å². The van der Waals surface area contributed by atoms with E-state index in [0.717, 1.165) is 50.4 Å². The van der Waals surface area contributed by atoms with E-state index in [1.807, 2.05) is 36.0 Å². The number of halogens is 1. The number of nitrogens with one attached hydrogen (secondary N) is 3. The fraction of sp³-hybridized carbons (Fsp3) is 0.600. The SMILES string of the molecule is CCCCNC(=O)c1ccc(CN=C(NCC)NCCCCSC)cc1.I. The fourth-order valence-electron chi connectivity index (χ4n) is 2.33. The van der Waals surface area contributed by atoms with Gasteiger partial charge in [-0.3, -0.25) is 4.79 Å². The third-order valence-electron chi connectivity index (χ3n) is 3.86. The van der Waals surface area contributed by atoms with E-state index in [1.165, 1.54) is 12.2 Å². The van der Waals surface area contributed by atoms with Crippen LogP contribution in [0.1, 0.15) is 55.5 Å². The Morgan fingerprint density at radius 1 is 1.00 bits per heavy atom. The Morgan fingerprint density at radius 3 is 2.33 bits per heavy atom. The molecular weight excluding hydrogens is 471 g/mol. The summed E-state index contributed by atoms with van der Waals surface area (Å²) < 4.78 is 0. The van der Waals surface area contributed by atoms with Gasteiger partial charge >= 0.3 is 0 Å². The van der Waals surface area contributed by atoms with Gasteiger partial charge in [-0.1, -0.05) is 25.5 Å². The number of rotatable bonds is 12. The van der Waals surface area contributed by atoms with Crippen molar-refractivity contribution in [3.05, 3.63) is 35.4 Å². The highest BCUT2D eigenvalue weighted by atomic mass is 127. The number of nitrogens with zero attached hydrogens (tertiary/aromatic N) is 1. The molecule has 1 amide bonds. The number of benzene rings is 1. The van der Waals surface area contributed by atoms with Crippen LogP contribution in [0, 0.1) is 0 Å². The van der Waals surface area contributed by atoms with Gasteiger partial charge in [-0.25, -0.2) is 4.99 Å². The molecule has 1 aromatic rings. The maximum Gasteiger partial charge on any atom is 0.251 e. The predicted octanol–water partition coefficient (Wildman–Crippen LogP) is 4.03. The largest absolute Gasteiger partial charge is 0.357 e. The lowest BCUT2D eigenvalue weighted by atomic mass is 10.1. The third kappa shape index (κ3) is 12.2. The first-order chi connectivity index (χ1) is 12.7. The lowest BCUT2D eigenvalue weighted by molar-refractivity contribution is 0.0953. The van der Waals surface area contributed by atoms with Crippen LogP contribution < -0.4 is 16.0 Å². The summed E-state index contributed by atoms with van der Waals surface area (Å²) in [6, 6.07) is 7.68. The van der Waals surface area contributed by atoms with Crippen molar-refractivity contribution in [1.82, 2.24) is 16.0 Å². The summed E-state index contributed by atoms with van der Waals surface area (Å²) in [7, 11) is 0. The third-order valence-corrected chi connectivity index (χ3v) is 4.56. The van der Waals surface area contributed by atoms with Gasteiger partial charge in [0.1, 0.15) is 0 Å².